The van der Waals surface area contributed by atoms with Crippen LogP contribution in [0.2, 0.25) is 10.0 Å². The molecule has 0 heterocycles. The van der Waals surface area contributed by atoms with Crippen LogP contribution in [0, 0.1) is 23.1 Å². The molecule has 3 aromatic rings. The van der Waals surface area contributed by atoms with Gasteiger partial charge in [0.15, 0.2) is 0 Å². The molecule has 1 saturated carbocycles. The number of amides is 2. The molecular formula is C24H14Cl4FN3O2. The van der Waals surface area contributed by atoms with Gasteiger partial charge in [0.1, 0.15) is 10.2 Å². The first-order valence-electron chi connectivity index (χ1n) is 9.86. The average molecular weight is 537 g/mol. The van der Waals surface area contributed by atoms with Crippen LogP contribution in [0.3, 0.4) is 0 Å². The number of hydrogen-bond donors (Lipinski definition) is 2. The number of hydrogen-bond acceptors (Lipinski definition) is 3. The first-order chi connectivity index (χ1) is 16.1. The number of halogens is 5. The molecule has 0 bridgehead atoms. The lowest BCUT2D eigenvalue weighted by atomic mass is 10.1. The standard InChI is InChI=1S/C24H14Cl4FN3O2/c25-14-7-13(8-15(26)9-14)20-21(24(20,27)28)23(34)32-18-4-1-12(11-30)19(10-18)22(33)31-17-5-2-16(29)3-6-17/h1-10,20-21H,(H,31,33)(H,32,34)/t20-,21+/m1/s1. The minimum Gasteiger partial charge on any atom is -0.326 e. The van der Waals surface area contributed by atoms with E-state index in [1.54, 1.807) is 18.2 Å². The second kappa shape index (κ2) is 9.44. The molecule has 1 aliphatic rings. The van der Waals surface area contributed by atoms with Crippen molar-refractivity contribution in [3.8, 4) is 6.07 Å². The molecule has 0 aromatic heterocycles. The van der Waals surface area contributed by atoms with Crippen LogP contribution in [0.5, 0.6) is 0 Å². The molecule has 5 nitrogen and oxygen atoms in total. The van der Waals surface area contributed by atoms with Crippen LogP contribution in [0.15, 0.2) is 60.7 Å². The maximum atomic E-state index is 13.1. The predicted molar refractivity (Wildman–Crippen MR) is 131 cm³/mol. The van der Waals surface area contributed by atoms with Gasteiger partial charge in [-0.05, 0) is 66.2 Å². The number of anilines is 2. The van der Waals surface area contributed by atoms with E-state index in [0.717, 1.165) is 0 Å². The molecule has 0 saturated heterocycles. The van der Waals surface area contributed by atoms with Gasteiger partial charge in [-0.2, -0.15) is 5.26 Å². The van der Waals surface area contributed by atoms with Crippen LogP contribution in [-0.2, 0) is 4.79 Å². The zero-order valence-electron chi connectivity index (χ0n) is 17.1. The molecule has 4 rings (SSSR count). The Bertz CT molecular complexity index is 1320. The number of nitrogens with zero attached hydrogens (tertiary/aromatic N) is 1. The lowest BCUT2D eigenvalue weighted by molar-refractivity contribution is -0.117. The van der Waals surface area contributed by atoms with E-state index in [-0.39, 0.29) is 16.8 Å². The Morgan fingerprint density at radius 2 is 1.53 bits per heavy atom. The van der Waals surface area contributed by atoms with Gasteiger partial charge in [0, 0.05) is 27.3 Å². The topological polar surface area (TPSA) is 82.0 Å². The summed E-state index contributed by atoms with van der Waals surface area (Å²) in [6.45, 7) is 0. The smallest absolute Gasteiger partial charge is 0.257 e. The monoisotopic (exact) mass is 535 g/mol. The fourth-order valence-electron chi connectivity index (χ4n) is 3.68. The van der Waals surface area contributed by atoms with E-state index in [9.17, 15) is 19.2 Å². The molecule has 0 radical (unpaired) electrons. The minimum absolute atomic E-state index is 0.0293. The third-order valence-corrected chi connectivity index (χ3v) is 6.71. The van der Waals surface area contributed by atoms with Crippen LogP contribution < -0.4 is 10.6 Å². The maximum Gasteiger partial charge on any atom is 0.257 e. The highest BCUT2D eigenvalue weighted by atomic mass is 35.5. The summed E-state index contributed by atoms with van der Waals surface area (Å²) in [4.78, 5) is 25.7. The van der Waals surface area contributed by atoms with Crippen molar-refractivity contribution in [2.24, 2.45) is 5.92 Å². The van der Waals surface area contributed by atoms with Crippen molar-refractivity contribution in [2.75, 3.05) is 10.6 Å². The van der Waals surface area contributed by atoms with Gasteiger partial charge in [-0.3, -0.25) is 9.59 Å². The highest BCUT2D eigenvalue weighted by molar-refractivity contribution is 6.53. The number of benzene rings is 3. The molecule has 3 aromatic carbocycles. The van der Waals surface area contributed by atoms with Crippen LogP contribution in [0.1, 0.15) is 27.4 Å². The van der Waals surface area contributed by atoms with Crippen LogP contribution in [-0.4, -0.2) is 16.1 Å². The van der Waals surface area contributed by atoms with E-state index >= 15 is 0 Å². The van der Waals surface area contributed by atoms with Gasteiger partial charge >= 0.3 is 0 Å². The number of carbonyl (C=O) groups excluding carboxylic acids is 2. The summed E-state index contributed by atoms with van der Waals surface area (Å²) in [5, 5.41) is 15.5. The Hall–Kier alpha value is -2.82. The van der Waals surface area contributed by atoms with Gasteiger partial charge in [-0.15, -0.1) is 23.2 Å². The Balaban J connectivity index is 1.54. The summed E-state index contributed by atoms with van der Waals surface area (Å²) < 4.78 is 11.7. The Labute approximate surface area is 214 Å². The van der Waals surface area contributed by atoms with Crippen molar-refractivity contribution in [1.82, 2.24) is 0 Å². The van der Waals surface area contributed by atoms with Gasteiger partial charge in [0.2, 0.25) is 5.91 Å². The van der Waals surface area contributed by atoms with Crippen molar-refractivity contribution in [1.29, 1.82) is 5.26 Å². The van der Waals surface area contributed by atoms with Crippen molar-refractivity contribution in [2.45, 2.75) is 10.3 Å². The van der Waals surface area contributed by atoms with E-state index in [1.165, 1.54) is 42.5 Å². The van der Waals surface area contributed by atoms with Gasteiger partial charge in [0.25, 0.3) is 5.91 Å². The summed E-state index contributed by atoms with van der Waals surface area (Å²) >= 11 is 24.9. The Kier molecular flexibility index (Phi) is 6.75. The number of carbonyl (C=O) groups is 2. The third-order valence-electron chi connectivity index (χ3n) is 5.33. The van der Waals surface area contributed by atoms with Gasteiger partial charge in [-0.1, -0.05) is 23.2 Å². The SMILES string of the molecule is N#Cc1ccc(NC(=O)[C@@H]2[C@@H](c3cc(Cl)cc(Cl)c3)C2(Cl)Cl)cc1C(=O)Nc1ccc(F)cc1. The fraction of sp³-hybridized carbons (Fsp3) is 0.125. The second-order valence-corrected chi connectivity index (χ2v) is 9.97. The van der Waals surface area contributed by atoms with Crippen molar-refractivity contribution in [3.63, 3.8) is 0 Å². The molecule has 0 unspecified atom stereocenters. The van der Waals surface area contributed by atoms with Crippen LogP contribution in [0.25, 0.3) is 0 Å². The number of nitriles is 1. The predicted octanol–water partition coefficient (Wildman–Crippen LogP) is 6.78. The molecule has 10 heteroatoms. The highest BCUT2D eigenvalue weighted by Crippen LogP contribution is 2.65. The highest BCUT2D eigenvalue weighted by Gasteiger charge is 2.67. The summed E-state index contributed by atoms with van der Waals surface area (Å²) in [5.41, 5.74) is 1.37. The molecule has 2 amide bonds. The van der Waals surface area contributed by atoms with Crippen molar-refractivity contribution in [3.05, 3.63) is 93.2 Å². The molecule has 2 N–H and O–H groups in total. The molecule has 1 fully saturated rings. The lowest BCUT2D eigenvalue weighted by Gasteiger charge is -2.10. The quantitative estimate of drug-likeness (QED) is 0.352. The minimum atomic E-state index is -1.37. The molecule has 1 aliphatic carbocycles. The zero-order valence-corrected chi connectivity index (χ0v) is 20.1. The van der Waals surface area contributed by atoms with Crippen LogP contribution in [0.4, 0.5) is 15.8 Å². The Morgan fingerprint density at radius 3 is 2.15 bits per heavy atom. The van der Waals surface area contributed by atoms with E-state index in [0.29, 0.717) is 21.3 Å². The van der Waals surface area contributed by atoms with Crippen molar-refractivity contribution < 1.29 is 14.0 Å². The fourth-order valence-corrected chi connectivity index (χ4v) is 5.05. The first kappa shape index (κ1) is 24.3. The van der Waals surface area contributed by atoms with E-state index in [4.69, 9.17) is 46.4 Å². The van der Waals surface area contributed by atoms with Gasteiger partial charge < -0.3 is 10.6 Å². The number of nitrogens with one attached hydrogen (secondary N) is 2. The summed E-state index contributed by atoms with van der Waals surface area (Å²) in [5.74, 6) is -2.85. The van der Waals surface area contributed by atoms with Crippen molar-refractivity contribution >= 4 is 69.6 Å². The number of alkyl halides is 2. The lowest BCUT2D eigenvalue weighted by Crippen LogP contribution is -2.18. The average Bonchev–Trinajstić information content (AvgIpc) is 3.36. The molecular weight excluding hydrogens is 523 g/mol. The largest absolute Gasteiger partial charge is 0.326 e. The van der Waals surface area contributed by atoms with Gasteiger partial charge in [-0.25, -0.2) is 4.39 Å². The molecule has 0 aliphatic heterocycles. The molecule has 34 heavy (non-hydrogen) atoms. The second-order valence-electron chi connectivity index (χ2n) is 7.66. The van der Waals surface area contributed by atoms with Gasteiger partial charge in [0.05, 0.1) is 23.1 Å². The zero-order chi connectivity index (χ0) is 24.6. The molecule has 0 spiro atoms. The summed E-state index contributed by atoms with van der Waals surface area (Å²) in [7, 11) is 0. The first-order valence-corrected chi connectivity index (χ1v) is 11.4. The molecule has 2 atom stereocenters. The normalized spacial score (nSPS) is 18.0. The number of rotatable bonds is 5. The van der Waals surface area contributed by atoms with E-state index in [1.807, 2.05) is 6.07 Å². The van der Waals surface area contributed by atoms with E-state index in [2.05, 4.69) is 10.6 Å². The van der Waals surface area contributed by atoms with Crippen LogP contribution >= 0.6 is 46.4 Å². The Morgan fingerprint density at radius 1 is 0.912 bits per heavy atom. The maximum absolute atomic E-state index is 13.1. The molecule has 172 valence electrons. The summed E-state index contributed by atoms with van der Waals surface area (Å²) in [6, 6.07) is 16.2. The van der Waals surface area contributed by atoms with E-state index < -0.39 is 33.8 Å². The third kappa shape index (κ3) is 4.98. The summed E-state index contributed by atoms with van der Waals surface area (Å²) in [6.07, 6.45) is 0.